The minimum absolute atomic E-state index is 0.136. The van der Waals surface area contributed by atoms with Gasteiger partial charge in [0.1, 0.15) is 6.61 Å². The zero-order valence-electron chi connectivity index (χ0n) is 29.7. The molecule has 0 spiro atoms. The lowest BCUT2D eigenvalue weighted by atomic mass is 9.87. The molecule has 0 aromatic carbocycles. The van der Waals surface area contributed by atoms with Crippen LogP contribution in [-0.2, 0) is 23.8 Å². The highest BCUT2D eigenvalue weighted by Crippen LogP contribution is 2.29. The molecule has 0 amide bonds. The molecule has 0 saturated carbocycles. The number of hydrogen-bond acceptors (Lipinski definition) is 9. The van der Waals surface area contributed by atoms with Gasteiger partial charge in [0.05, 0.1) is 24.9 Å². The van der Waals surface area contributed by atoms with Crippen molar-refractivity contribution in [2.24, 2.45) is 11.8 Å². The highest BCUT2D eigenvalue weighted by molar-refractivity contribution is 5.70. The Morgan fingerprint density at radius 2 is 1.53 bits per heavy atom. The van der Waals surface area contributed by atoms with Gasteiger partial charge < -0.3 is 34.6 Å². The molecule has 274 valence electrons. The summed E-state index contributed by atoms with van der Waals surface area (Å²) in [6.07, 6.45) is 21.5. The van der Waals surface area contributed by atoms with E-state index >= 15 is 0 Å². The normalized spacial score (nSPS) is 22.0. The Bertz CT molecular complexity index is 845. The maximum Gasteiger partial charge on any atom is 0.306 e. The molecule has 4 N–H and O–H groups in total. The lowest BCUT2D eigenvalue weighted by molar-refractivity contribution is -0.199. The molecule has 9 heteroatoms. The molecule has 0 radical (unpaired) electrons. The number of hydrogen-bond donors (Lipinski definition) is 4. The fourth-order valence-electron chi connectivity index (χ4n) is 5.74. The molecule has 1 aliphatic rings. The third kappa shape index (κ3) is 22.5. The van der Waals surface area contributed by atoms with Crippen molar-refractivity contribution in [1.29, 1.82) is 0 Å². The fraction of sp³-hybridized carbons (Fsp3) is 0.842. The summed E-state index contributed by atoms with van der Waals surface area (Å²) in [7, 11) is 0. The van der Waals surface area contributed by atoms with E-state index in [9.17, 15) is 30.0 Å². The molecule has 0 aromatic rings. The summed E-state index contributed by atoms with van der Waals surface area (Å²) in [5, 5.41) is 40.3. The topological polar surface area (TPSA) is 143 Å². The molecular weight excluding hydrogens is 600 g/mol. The summed E-state index contributed by atoms with van der Waals surface area (Å²) in [6, 6.07) is 0. The van der Waals surface area contributed by atoms with Gasteiger partial charge in [-0.2, -0.15) is 0 Å². The van der Waals surface area contributed by atoms with Crippen LogP contribution in [0.5, 0.6) is 0 Å². The Hall–Kier alpha value is -1.78. The molecular formula is C38H68O9. The minimum Gasteiger partial charge on any atom is -0.462 e. The third-order valence-electron chi connectivity index (χ3n) is 9.08. The number of carbonyl (C=O) groups is 2. The van der Waals surface area contributed by atoms with Gasteiger partial charge in [-0.3, -0.25) is 9.59 Å². The zero-order valence-corrected chi connectivity index (χ0v) is 29.7. The Balaban J connectivity index is 2.21. The lowest BCUT2D eigenvalue weighted by Crippen LogP contribution is -2.43. The van der Waals surface area contributed by atoms with E-state index in [1.54, 1.807) is 12.2 Å². The van der Waals surface area contributed by atoms with Crippen molar-refractivity contribution < 1.29 is 44.2 Å². The molecule has 0 aliphatic carbocycles. The van der Waals surface area contributed by atoms with E-state index in [1.165, 1.54) is 44.9 Å². The largest absolute Gasteiger partial charge is 0.462 e. The van der Waals surface area contributed by atoms with Crippen molar-refractivity contribution in [3.05, 3.63) is 24.3 Å². The van der Waals surface area contributed by atoms with Gasteiger partial charge in [-0.1, -0.05) is 122 Å². The number of aliphatic hydroxyl groups excluding tert-OH is 4. The summed E-state index contributed by atoms with van der Waals surface area (Å²) in [5.74, 6) is -0.213. The van der Waals surface area contributed by atoms with Gasteiger partial charge >= 0.3 is 11.9 Å². The van der Waals surface area contributed by atoms with Crippen LogP contribution in [0.4, 0.5) is 0 Å². The number of rotatable bonds is 28. The second kappa shape index (κ2) is 28.1. The zero-order chi connectivity index (χ0) is 34.7. The van der Waals surface area contributed by atoms with Gasteiger partial charge in [0.2, 0.25) is 0 Å². The first-order chi connectivity index (χ1) is 22.7. The van der Waals surface area contributed by atoms with Crippen LogP contribution in [0.25, 0.3) is 0 Å². The second-order valence-electron chi connectivity index (χ2n) is 13.4. The average Bonchev–Trinajstić information content (AvgIpc) is 3.05. The molecule has 7 atom stereocenters. The van der Waals surface area contributed by atoms with Crippen LogP contribution < -0.4 is 0 Å². The van der Waals surface area contributed by atoms with Crippen LogP contribution in [0.3, 0.4) is 0 Å². The first kappa shape index (κ1) is 43.2. The van der Waals surface area contributed by atoms with Gasteiger partial charge in [-0.05, 0) is 38.0 Å². The second-order valence-corrected chi connectivity index (χ2v) is 13.4. The smallest absolute Gasteiger partial charge is 0.306 e. The fourth-order valence-corrected chi connectivity index (χ4v) is 5.74. The summed E-state index contributed by atoms with van der Waals surface area (Å²) < 4.78 is 16.2. The molecule has 1 rings (SSSR count). The predicted molar refractivity (Wildman–Crippen MR) is 185 cm³/mol. The van der Waals surface area contributed by atoms with E-state index in [0.717, 1.165) is 44.4 Å². The van der Waals surface area contributed by atoms with Gasteiger partial charge in [-0.15, -0.1) is 0 Å². The van der Waals surface area contributed by atoms with Gasteiger partial charge in [0.15, 0.2) is 12.4 Å². The molecule has 2 unspecified atom stereocenters. The van der Waals surface area contributed by atoms with Crippen molar-refractivity contribution in [1.82, 2.24) is 0 Å². The Morgan fingerprint density at radius 3 is 2.21 bits per heavy atom. The summed E-state index contributed by atoms with van der Waals surface area (Å²) in [4.78, 5) is 24.4. The Kier molecular flexibility index (Phi) is 25.9. The third-order valence-corrected chi connectivity index (χ3v) is 9.08. The number of esters is 2. The molecule has 1 heterocycles. The van der Waals surface area contributed by atoms with Crippen molar-refractivity contribution >= 4 is 11.9 Å². The van der Waals surface area contributed by atoms with Crippen LogP contribution >= 0.6 is 0 Å². The maximum absolute atomic E-state index is 12.2. The van der Waals surface area contributed by atoms with E-state index in [0.29, 0.717) is 32.1 Å². The van der Waals surface area contributed by atoms with Crippen LogP contribution in [0.2, 0.25) is 0 Å². The molecule has 1 fully saturated rings. The molecule has 0 aromatic heterocycles. The predicted octanol–water partition coefficient (Wildman–Crippen LogP) is 7.08. The number of carbonyl (C=O) groups excluding carboxylic acids is 2. The van der Waals surface area contributed by atoms with Crippen molar-refractivity contribution in [2.45, 2.75) is 180 Å². The number of ether oxygens (including phenoxy) is 3. The quantitative estimate of drug-likeness (QED) is 0.0391. The average molecular weight is 669 g/mol. The Morgan fingerprint density at radius 1 is 0.872 bits per heavy atom. The van der Waals surface area contributed by atoms with Crippen molar-refractivity contribution in [3.63, 3.8) is 0 Å². The summed E-state index contributed by atoms with van der Waals surface area (Å²) >= 11 is 0. The monoisotopic (exact) mass is 668 g/mol. The van der Waals surface area contributed by atoms with E-state index in [2.05, 4.69) is 20.8 Å². The standard InChI is InChI=1S/C38H68O9/c1-4-6-15-21-31(40)25-26-35-33(34(41)27-38(44)47-35)22-17-13-14-18-23-36(42)45-29-32(28-39)46-37(43)24-19-12-10-8-7-9-11-16-20-30(3)5-2/h13,17,25-26,30-35,38-41,44H,4-12,14-16,18-24,27-29H2,1-3H3/b17-13-,26-25+/t30?,31-,32-,33-,34-,35+,38?/m0/s1. The molecule has 0 bridgehead atoms. The minimum atomic E-state index is -1.05. The first-order valence-electron chi connectivity index (χ1n) is 18.7. The molecule has 1 aliphatic heterocycles. The highest BCUT2D eigenvalue weighted by Gasteiger charge is 2.35. The molecule has 47 heavy (non-hydrogen) atoms. The van der Waals surface area contributed by atoms with Gasteiger partial charge in [0, 0.05) is 25.2 Å². The van der Waals surface area contributed by atoms with Crippen LogP contribution in [0, 0.1) is 11.8 Å². The highest BCUT2D eigenvalue weighted by atomic mass is 16.6. The SMILES string of the molecule is CCCCC[C@H](O)/C=C/[C@H]1OC(O)C[C@H](O)[C@@H]1C/C=C\CCCC(=O)OC[C@H](CO)OC(=O)CCCCCCCCCCC(C)CC. The summed E-state index contributed by atoms with van der Waals surface area (Å²) in [6.45, 7) is 6.11. The van der Waals surface area contributed by atoms with Crippen LogP contribution in [-0.4, -0.2) is 76.3 Å². The number of aliphatic hydroxyl groups is 4. The summed E-state index contributed by atoms with van der Waals surface area (Å²) in [5.41, 5.74) is 0. The first-order valence-corrected chi connectivity index (χ1v) is 18.7. The van der Waals surface area contributed by atoms with Gasteiger partial charge in [-0.25, -0.2) is 0 Å². The van der Waals surface area contributed by atoms with E-state index in [4.69, 9.17) is 14.2 Å². The lowest BCUT2D eigenvalue weighted by Gasteiger charge is -2.36. The van der Waals surface area contributed by atoms with Crippen LogP contribution in [0.15, 0.2) is 24.3 Å². The maximum atomic E-state index is 12.2. The van der Waals surface area contributed by atoms with Crippen LogP contribution in [0.1, 0.15) is 149 Å². The van der Waals surface area contributed by atoms with E-state index in [1.807, 2.05) is 12.2 Å². The van der Waals surface area contributed by atoms with E-state index in [-0.39, 0.29) is 31.3 Å². The molecule has 1 saturated heterocycles. The van der Waals surface area contributed by atoms with Crippen molar-refractivity contribution in [3.8, 4) is 0 Å². The number of allylic oxidation sites excluding steroid dienone is 2. The van der Waals surface area contributed by atoms with E-state index < -0.39 is 43.3 Å². The van der Waals surface area contributed by atoms with Crippen molar-refractivity contribution in [2.75, 3.05) is 13.2 Å². The number of unbranched alkanes of at least 4 members (excludes halogenated alkanes) is 10. The molecule has 9 nitrogen and oxygen atoms in total. The van der Waals surface area contributed by atoms with Gasteiger partial charge in [0.25, 0.3) is 0 Å². The Labute approximate surface area is 285 Å².